The molecular formula is C13H22N4O. The first-order valence-electron chi connectivity index (χ1n) is 6.61. The fraction of sp³-hybridized carbons (Fsp3) is 0.615. The summed E-state index contributed by atoms with van der Waals surface area (Å²) in [5.74, 6) is 0.132. The standard InChI is InChI=1S/C13H22N4O/c1-11(17-8-6-14-7-9-17)13(18)16-5-3-12-2-4-15-10-12/h2,4,10-11,14-15H,3,5-9H2,1H3,(H,16,18). The molecule has 1 saturated heterocycles. The van der Waals surface area contributed by atoms with Crippen LogP contribution in [0.25, 0.3) is 0 Å². The van der Waals surface area contributed by atoms with Crippen molar-refractivity contribution in [2.45, 2.75) is 19.4 Å². The van der Waals surface area contributed by atoms with Crippen molar-refractivity contribution in [1.82, 2.24) is 20.5 Å². The number of piperazine rings is 1. The second-order valence-electron chi connectivity index (χ2n) is 4.72. The van der Waals surface area contributed by atoms with E-state index >= 15 is 0 Å². The first kappa shape index (κ1) is 13.1. The van der Waals surface area contributed by atoms with Crippen molar-refractivity contribution in [2.24, 2.45) is 0 Å². The Balaban J connectivity index is 1.70. The van der Waals surface area contributed by atoms with Gasteiger partial charge >= 0.3 is 0 Å². The van der Waals surface area contributed by atoms with Gasteiger partial charge in [0.05, 0.1) is 6.04 Å². The van der Waals surface area contributed by atoms with Crippen LogP contribution >= 0.6 is 0 Å². The first-order valence-corrected chi connectivity index (χ1v) is 6.61. The molecule has 0 bridgehead atoms. The minimum atomic E-state index is -0.0293. The van der Waals surface area contributed by atoms with Crippen LogP contribution < -0.4 is 10.6 Å². The number of hydrogen-bond donors (Lipinski definition) is 3. The van der Waals surface area contributed by atoms with Crippen molar-refractivity contribution in [3.63, 3.8) is 0 Å². The summed E-state index contributed by atoms with van der Waals surface area (Å²) in [5, 5.41) is 6.30. The molecule has 1 atom stereocenters. The highest BCUT2D eigenvalue weighted by Crippen LogP contribution is 2.01. The zero-order chi connectivity index (χ0) is 12.8. The molecule has 1 aromatic heterocycles. The molecule has 3 N–H and O–H groups in total. The number of aromatic amines is 1. The van der Waals surface area contributed by atoms with E-state index in [2.05, 4.69) is 20.5 Å². The van der Waals surface area contributed by atoms with E-state index in [4.69, 9.17) is 0 Å². The Hall–Kier alpha value is -1.33. The van der Waals surface area contributed by atoms with Gasteiger partial charge in [0.2, 0.25) is 5.91 Å². The molecule has 0 radical (unpaired) electrons. The van der Waals surface area contributed by atoms with Gasteiger partial charge in [-0.1, -0.05) is 0 Å². The van der Waals surface area contributed by atoms with Gasteiger partial charge in [0.1, 0.15) is 0 Å². The molecule has 2 heterocycles. The number of nitrogens with zero attached hydrogens (tertiary/aromatic N) is 1. The highest BCUT2D eigenvalue weighted by atomic mass is 16.2. The lowest BCUT2D eigenvalue weighted by atomic mass is 10.2. The third-order valence-electron chi connectivity index (χ3n) is 3.45. The highest BCUT2D eigenvalue weighted by Gasteiger charge is 2.21. The van der Waals surface area contributed by atoms with E-state index in [1.807, 2.05) is 25.4 Å². The number of aromatic nitrogens is 1. The van der Waals surface area contributed by atoms with E-state index < -0.39 is 0 Å². The molecule has 1 aromatic rings. The summed E-state index contributed by atoms with van der Waals surface area (Å²) in [4.78, 5) is 17.2. The Kier molecular flexibility index (Phi) is 4.78. The lowest BCUT2D eigenvalue weighted by Crippen LogP contribution is -2.52. The normalized spacial score (nSPS) is 18.5. The quantitative estimate of drug-likeness (QED) is 0.687. The molecule has 0 aliphatic carbocycles. The maximum atomic E-state index is 12.0. The summed E-state index contributed by atoms with van der Waals surface area (Å²) in [5.41, 5.74) is 1.23. The van der Waals surface area contributed by atoms with E-state index in [9.17, 15) is 4.79 Å². The van der Waals surface area contributed by atoms with Crippen LogP contribution in [0.1, 0.15) is 12.5 Å². The second-order valence-corrected chi connectivity index (χ2v) is 4.72. The number of carbonyl (C=O) groups excluding carboxylic acids is 1. The lowest BCUT2D eigenvalue weighted by molar-refractivity contribution is -0.126. The van der Waals surface area contributed by atoms with Gasteiger partial charge in [-0.2, -0.15) is 0 Å². The van der Waals surface area contributed by atoms with Crippen LogP contribution in [0.3, 0.4) is 0 Å². The van der Waals surface area contributed by atoms with Gasteiger partial charge in [-0.15, -0.1) is 0 Å². The van der Waals surface area contributed by atoms with Gasteiger partial charge < -0.3 is 15.6 Å². The number of carbonyl (C=O) groups is 1. The average Bonchev–Trinajstić information content (AvgIpc) is 2.92. The molecule has 1 fully saturated rings. The van der Waals surface area contributed by atoms with Crippen LogP contribution in [0.2, 0.25) is 0 Å². The first-order chi connectivity index (χ1) is 8.77. The Morgan fingerprint density at radius 2 is 2.28 bits per heavy atom. The number of rotatable bonds is 5. The van der Waals surface area contributed by atoms with Crippen molar-refractivity contribution in [3.05, 3.63) is 24.0 Å². The molecule has 5 nitrogen and oxygen atoms in total. The Labute approximate surface area is 108 Å². The summed E-state index contributed by atoms with van der Waals surface area (Å²) in [6.07, 6.45) is 4.75. The SMILES string of the molecule is CC(C(=O)NCCc1cc[nH]c1)N1CCNCC1. The van der Waals surface area contributed by atoms with Gasteiger partial charge in [-0.05, 0) is 25.0 Å². The summed E-state index contributed by atoms with van der Waals surface area (Å²) in [6, 6.07) is 2.00. The molecule has 18 heavy (non-hydrogen) atoms. The van der Waals surface area contributed by atoms with Crippen LogP contribution in [0.5, 0.6) is 0 Å². The fourth-order valence-electron chi connectivity index (χ4n) is 2.23. The largest absolute Gasteiger partial charge is 0.367 e. The molecular weight excluding hydrogens is 228 g/mol. The molecule has 5 heteroatoms. The van der Waals surface area contributed by atoms with Crippen molar-refractivity contribution in [2.75, 3.05) is 32.7 Å². The summed E-state index contributed by atoms with van der Waals surface area (Å²) in [6.45, 7) is 6.53. The van der Waals surface area contributed by atoms with Gasteiger partial charge in [-0.25, -0.2) is 0 Å². The van der Waals surface area contributed by atoms with Gasteiger partial charge in [0, 0.05) is 45.1 Å². The van der Waals surface area contributed by atoms with Crippen LogP contribution in [-0.4, -0.2) is 54.6 Å². The Morgan fingerprint density at radius 3 is 2.94 bits per heavy atom. The number of hydrogen-bond acceptors (Lipinski definition) is 3. The van der Waals surface area contributed by atoms with E-state index in [1.54, 1.807) is 0 Å². The monoisotopic (exact) mass is 250 g/mol. The molecule has 1 unspecified atom stereocenters. The van der Waals surface area contributed by atoms with Crippen LogP contribution in [0.15, 0.2) is 18.5 Å². The van der Waals surface area contributed by atoms with Crippen LogP contribution in [0.4, 0.5) is 0 Å². The maximum absolute atomic E-state index is 12.0. The van der Waals surface area contributed by atoms with Crippen molar-refractivity contribution < 1.29 is 4.79 Å². The number of amides is 1. The van der Waals surface area contributed by atoms with Crippen molar-refractivity contribution in [1.29, 1.82) is 0 Å². The second kappa shape index (κ2) is 6.56. The van der Waals surface area contributed by atoms with E-state index in [1.165, 1.54) is 5.56 Å². The molecule has 1 amide bonds. The molecule has 1 aliphatic rings. The van der Waals surface area contributed by atoms with Crippen LogP contribution in [0, 0.1) is 0 Å². The predicted octanol–water partition coefficient (Wildman–Crippen LogP) is -0.0329. The fourth-order valence-corrected chi connectivity index (χ4v) is 2.23. The average molecular weight is 250 g/mol. The van der Waals surface area contributed by atoms with Crippen molar-refractivity contribution >= 4 is 5.91 Å². The molecule has 1 aliphatic heterocycles. The Bertz CT molecular complexity index is 357. The topological polar surface area (TPSA) is 60.2 Å². The third-order valence-corrected chi connectivity index (χ3v) is 3.45. The molecule has 0 saturated carbocycles. The minimum Gasteiger partial charge on any atom is -0.367 e. The summed E-state index contributed by atoms with van der Waals surface area (Å²) >= 11 is 0. The third kappa shape index (κ3) is 3.58. The zero-order valence-electron chi connectivity index (χ0n) is 10.9. The number of nitrogens with one attached hydrogen (secondary N) is 3. The Morgan fingerprint density at radius 1 is 1.50 bits per heavy atom. The van der Waals surface area contributed by atoms with E-state index in [0.29, 0.717) is 6.54 Å². The molecule has 0 spiro atoms. The van der Waals surface area contributed by atoms with E-state index in [0.717, 1.165) is 32.6 Å². The smallest absolute Gasteiger partial charge is 0.237 e. The van der Waals surface area contributed by atoms with E-state index in [-0.39, 0.29) is 11.9 Å². The zero-order valence-corrected chi connectivity index (χ0v) is 10.9. The summed E-state index contributed by atoms with van der Waals surface area (Å²) < 4.78 is 0. The number of H-pyrrole nitrogens is 1. The predicted molar refractivity (Wildman–Crippen MR) is 71.4 cm³/mol. The maximum Gasteiger partial charge on any atom is 0.237 e. The lowest BCUT2D eigenvalue weighted by Gasteiger charge is -2.31. The molecule has 100 valence electrons. The minimum absolute atomic E-state index is 0.0293. The molecule has 0 aromatic carbocycles. The van der Waals surface area contributed by atoms with Crippen LogP contribution in [-0.2, 0) is 11.2 Å². The van der Waals surface area contributed by atoms with Gasteiger partial charge in [0.25, 0.3) is 0 Å². The summed E-state index contributed by atoms with van der Waals surface area (Å²) in [7, 11) is 0. The highest BCUT2D eigenvalue weighted by molar-refractivity contribution is 5.81. The molecule has 2 rings (SSSR count). The van der Waals surface area contributed by atoms with Crippen molar-refractivity contribution in [3.8, 4) is 0 Å². The van der Waals surface area contributed by atoms with Gasteiger partial charge in [-0.3, -0.25) is 9.69 Å². The van der Waals surface area contributed by atoms with Gasteiger partial charge in [0.15, 0.2) is 0 Å².